The van der Waals surface area contributed by atoms with Crippen LogP contribution < -0.4 is 11.1 Å². The Hall–Kier alpha value is -1.78. The molecule has 3 N–H and O–H groups in total. The van der Waals surface area contributed by atoms with Crippen molar-refractivity contribution in [2.24, 2.45) is 5.73 Å². The molecule has 0 radical (unpaired) electrons. The van der Waals surface area contributed by atoms with Crippen LogP contribution in [-0.2, 0) is 4.79 Å². The minimum atomic E-state index is -0.0600. The van der Waals surface area contributed by atoms with Gasteiger partial charge in [-0.2, -0.15) is 0 Å². The Morgan fingerprint density at radius 1 is 1.19 bits per heavy atom. The topological polar surface area (TPSA) is 55.1 Å². The summed E-state index contributed by atoms with van der Waals surface area (Å²) in [5.41, 5.74) is 9.29. The molecule has 110 valence electrons. The van der Waals surface area contributed by atoms with Crippen LogP contribution in [-0.4, -0.2) is 12.5 Å². The maximum Gasteiger partial charge on any atom is 0.221 e. The molecule has 2 rings (SSSR count). The van der Waals surface area contributed by atoms with Crippen LogP contribution >= 0.6 is 11.8 Å². The number of nitrogens with two attached hydrogens (primary N) is 1. The van der Waals surface area contributed by atoms with Crippen LogP contribution in [0.4, 0.5) is 5.69 Å². The quantitative estimate of drug-likeness (QED) is 0.827. The average Bonchev–Trinajstić information content (AvgIpc) is 2.47. The summed E-state index contributed by atoms with van der Waals surface area (Å²) in [6.45, 7) is 4.20. The van der Waals surface area contributed by atoms with Crippen molar-refractivity contribution in [3.8, 4) is 0 Å². The first-order chi connectivity index (χ1) is 10.1. The number of benzene rings is 2. The maximum atomic E-state index is 11.0. The third-order valence-corrected chi connectivity index (χ3v) is 4.48. The molecule has 1 atom stereocenters. The van der Waals surface area contributed by atoms with Gasteiger partial charge in [0, 0.05) is 29.3 Å². The van der Waals surface area contributed by atoms with Gasteiger partial charge >= 0.3 is 0 Å². The Morgan fingerprint density at radius 2 is 1.86 bits per heavy atom. The van der Waals surface area contributed by atoms with Gasteiger partial charge in [0.2, 0.25) is 5.91 Å². The smallest absolute Gasteiger partial charge is 0.221 e. The van der Waals surface area contributed by atoms with Crippen LogP contribution in [0.3, 0.4) is 0 Å². The van der Waals surface area contributed by atoms with E-state index in [4.69, 9.17) is 5.73 Å². The Morgan fingerprint density at radius 3 is 2.43 bits per heavy atom. The highest BCUT2D eigenvalue weighted by atomic mass is 32.2. The second kappa shape index (κ2) is 7.29. The first-order valence-electron chi connectivity index (χ1n) is 6.90. The Kier molecular flexibility index (Phi) is 5.42. The van der Waals surface area contributed by atoms with Crippen molar-refractivity contribution >= 4 is 23.4 Å². The zero-order valence-electron chi connectivity index (χ0n) is 12.3. The molecule has 0 saturated carbocycles. The maximum absolute atomic E-state index is 11.0. The molecular weight excluding hydrogens is 280 g/mol. The third kappa shape index (κ3) is 4.34. The fraction of sp³-hybridized carbons (Fsp3) is 0.235. The molecule has 0 bridgehead atoms. The summed E-state index contributed by atoms with van der Waals surface area (Å²) in [5, 5.41) is 3.00. The molecule has 0 spiro atoms. The molecule has 4 heteroatoms. The van der Waals surface area contributed by atoms with E-state index >= 15 is 0 Å². The van der Waals surface area contributed by atoms with Crippen LogP contribution in [0.2, 0.25) is 0 Å². The molecular formula is C17H20N2OS. The first-order valence-corrected chi connectivity index (χ1v) is 7.78. The standard InChI is InChI=1S/C17H20N2OS/c1-12-5-3-4-6-16(12)17(11-18)21-15-9-7-14(8-10-15)19-13(2)20/h3-10,17H,11,18H2,1-2H3,(H,19,20). The molecule has 0 fully saturated rings. The second-order valence-corrected chi connectivity index (χ2v) is 6.18. The number of nitrogens with one attached hydrogen (secondary N) is 1. The van der Waals surface area contributed by atoms with E-state index in [-0.39, 0.29) is 11.2 Å². The van der Waals surface area contributed by atoms with Crippen LogP contribution in [0.5, 0.6) is 0 Å². The van der Waals surface area contributed by atoms with Gasteiger partial charge in [-0.25, -0.2) is 0 Å². The highest BCUT2D eigenvalue weighted by Gasteiger charge is 2.13. The van der Waals surface area contributed by atoms with Crippen molar-refractivity contribution in [2.75, 3.05) is 11.9 Å². The molecule has 2 aromatic carbocycles. The summed E-state index contributed by atoms with van der Waals surface area (Å²) in [4.78, 5) is 12.2. The summed E-state index contributed by atoms with van der Waals surface area (Å²) in [6, 6.07) is 16.2. The SMILES string of the molecule is CC(=O)Nc1ccc(SC(CN)c2ccccc2C)cc1. The Labute approximate surface area is 129 Å². The van der Waals surface area contributed by atoms with Gasteiger partial charge in [0.1, 0.15) is 0 Å². The number of amides is 1. The Balaban J connectivity index is 2.12. The van der Waals surface area contributed by atoms with E-state index in [1.54, 1.807) is 11.8 Å². The summed E-state index contributed by atoms with van der Waals surface area (Å²) in [5.74, 6) is -0.0600. The van der Waals surface area contributed by atoms with E-state index in [2.05, 4.69) is 24.4 Å². The third-order valence-electron chi connectivity index (χ3n) is 3.20. The zero-order chi connectivity index (χ0) is 15.2. The van der Waals surface area contributed by atoms with Crippen LogP contribution in [0.15, 0.2) is 53.4 Å². The molecule has 2 aromatic rings. The van der Waals surface area contributed by atoms with Gasteiger partial charge in [0.25, 0.3) is 0 Å². The van der Waals surface area contributed by atoms with E-state index < -0.39 is 0 Å². The van der Waals surface area contributed by atoms with Crippen molar-refractivity contribution < 1.29 is 4.79 Å². The average molecular weight is 300 g/mol. The molecule has 1 unspecified atom stereocenters. The summed E-state index contributed by atoms with van der Waals surface area (Å²) in [6.07, 6.45) is 0. The highest BCUT2D eigenvalue weighted by molar-refractivity contribution is 7.99. The molecule has 0 aliphatic heterocycles. The van der Waals surface area contributed by atoms with Crippen molar-refractivity contribution in [2.45, 2.75) is 24.0 Å². The van der Waals surface area contributed by atoms with E-state index in [0.29, 0.717) is 6.54 Å². The van der Waals surface area contributed by atoms with Gasteiger partial charge < -0.3 is 11.1 Å². The van der Waals surface area contributed by atoms with Gasteiger partial charge in [0.05, 0.1) is 0 Å². The first kappa shape index (κ1) is 15.6. The van der Waals surface area contributed by atoms with Gasteiger partial charge in [-0.05, 0) is 42.3 Å². The van der Waals surface area contributed by atoms with Crippen LogP contribution in [0, 0.1) is 6.92 Å². The highest BCUT2D eigenvalue weighted by Crippen LogP contribution is 2.36. The van der Waals surface area contributed by atoms with E-state index in [1.165, 1.54) is 18.1 Å². The number of rotatable bonds is 5. The van der Waals surface area contributed by atoms with Gasteiger partial charge in [0.15, 0.2) is 0 Å². The minimum absolute atomic E-state index is 0.0600. The number of thioether (sulfide) groups is 1. The lowest BCUT2D eigenvalue weighted by Gasteiger charge is -2.17. The normalized spacial score (nSPS) is 12.0. The fourth-order valence-corrected chi connectivity index (χ4v) is 3.28. The summed E-state index contributed by atoms with van der Waals surface area (Å²) in [7, 11) is 0. The molecule has 0 saturated heterocycles. The minimum Gasteiger partial charge on any atom is -0.329 e. The zero-order valence-corrected chi connectivity index (χ0v) is 13.1. The van der Waals surface area contributed by atoms with E-state index in [9.17, 15) is 4.79 Å². The predicted molar refractivity (Wildman–Crippen MR) is 89.6 cm³/mol. The Bertz CT molecular complexity index is 610. The molecule has 3 nitrogen and oxygen atoms in total. The molecule has 1 amide bonds. The number of hydrogen-bond acceptors (Lipinski definition) is 3. The summed E-state index contributed by atoms with van der Waals surface area (Å²) < 4.78 is 0. The molecule has 0 aromatic heterocycles. The van der Waals surface area contributed by atoms with Crippen LogP contribution in [0.1, 0.15) is 23.3 Å². The predicted octanol–water partition coefficient (Wildman–Crippen LogP) is 3.75. The number of anilines is 1. The van der Waals surface area contributed by atoms with Crippen LogP contribution in [0.25, 0.3) is 0 Å². The second-order valence-electron chi connectivity index (χ2n) is 4.90. The van der Waals surface area contributed by atoms with Crippen molar-refractivity contribution in [3.63, 3.8) is 0 Å². The van der Waals surface area contributed by atoms with Gasteiger partial charge in [-0.15, -0.1) is 11.8 Å². The summed E-state index contributed by atoms with van der Waals surface area (Å²) >= 11 is 1.75. The van der Waals surface area contributed by atoms with Crippen molar-refractivity contribution in [3.05, 3.63) is 59.7 Å². The number of aryl methyl sites for hydroxylation is 1. The number of hydrogen-bond donors (Lipinski definition) is 2. The van der Waals surface area contributed by atoms with Gasteiger partial charge in [-0.3, -0.25) is 4.79 Å². The largest absolute Gasteiger partial charge is 0.329 e. The monoisotopic (exact) mass is 300 g/mol. The van der Waals surface area contributed by atoms with E-state index in [1.807, 2.05) is 36.4 Å². The lowest BCUT2D eigenvalue weighted by Crippen LogP contribution is -2.10. The molecule has 0 heterocycles. The van der Waals surface area contributed by atoms with Gasteiger partial charge in [-0.1, -0.05) is 24.3 Å². The molecule has 0 aliphatic carbocycles. The van der Waals surface area contributed by atoms with Crippen molar-refractivity contribution in [1.29, 1.82) is 0 Å². The van der Waals surface area contributed by atoms with Crippen molar-refractivity contribution in [1.82, 2.24) is 0 Å². The number of carbonyl (C=O) groups is 1. The number of carbonyl (C=O) groups excluding carboxylic acids is 1. The lowest BCUT2D eigenvalue weighted by molar-refractivity contribution is -0.114. The molecule has 21 heavy (non-hydrogen) atoms. The fourth-order valence-electron chi connectivity index (χ4n) is 2.17. The van der Waals surface area contributed by atoms with E-state index in [0.717, 1.165) is 10.6 Å². The lowest BCUT2D eigenvalue weighted by atomic mass is 10.1. The molecule has 0 aliphatic rings.